The van der Waals surface area contributed by atoms with Gasteiger partial charge in [0.05, 0.1) is 31.3 Å². The summed E-state index contributed by atoms with van der Waals surface area (Å²) in [6, 6.07) is 23.8. The fourth-order valence-electron chi connectivity index (χ4n) is 12.4. The Balaban J connectivity index is 1.12. The van der Waals surface area contributed by atoms with Crippen LogP contribution in [0.5, 0.6) is 34.5 Å². The second-order valence-corrected chi connectivity index (χ2v) is 20.2. The van der Waals surface area contributed by atoms with Crippen molar-refractivity contribution in [2.75, 3.05) is 18.5 Å². The first-order valence-electron chi connectivity index (χ1n) is 24.8. The molecule has 8 N–H and O–H groups in total. The maximum atomic E-state index is 16.1. The number of aromatic nitrogens is 2. The average molecular weight is 934 g/mol. The lowest BCUT2D eigenvalue weighted by Gasteiger charge is -2.45. The number of carbonyl (C=O) groups excluding carboxylic acids is 1. The van der Waals surface area contributed by atoms with Gasteiger partial charge >= 0.3 is 0 Å². The van der Waals surface area contributed by atoms with E-state index in [-0.39, 0.29) is 53.3 Å². The first-order chi connectivity index (χ1) is 33.4. The number of allylic oxidation sites excluding steroid dienone is 1. The van der Waals surface area contributed by atoms with Gasteiger partial charge in [0, 0.05) is 53.0 Å². The molecule has 1 spiro atoms. The Morgan fingerprint density at radius 2 is 1.84 bits per heavy atom. The predicted molar refractivity (Wildman–Crippen MR) is 265 cm³/mol. The number of carbonyl (C=O) groups is 1. The van der Waals surface area contributed by atoms with Gasteiger partial charge in [0.1, 0.15) is 17.4 Å². The highest BCUT2D eigenvalue weighted by atomic mass is 16.5. The summed E-state index contributed by atoms with van der Waals surface area (Å²) in [6.45, 7) is 3.02. The van der Waals surface area contributed by atoms with Gasteiger partial charge in [-0.15, -0.1) is 0 Å². The summed E-state index contributed by atoms with van der Waals surface area (Å²) in [7, 11) is 0. The molecule has 12 heteroatoms. The number of Topliss-reactive ketones (excluding diaryl/α,β-unsaturated/α-hetero) is 1. The quantitative estimate of drug-likeness (QED) is 0.0481. The van der Waals surface area contributed by atoms with E-state index in [1.54, 1.807) is 30.5 Å². The van der Waals surface area contributed by atoms with E-state index in [0.29, 0.717) is 74.8 Å². The number of nitrogens with one attached hydrogen (secondary N) is 2. The molecule has 6 aromatic rings. The van der Waals surface area contributed by atoms with Crippen molar-refractivity contribution in [2.24, 2.45) is 23.7 Å². The number of ether oxygens (including phenoxy) is 2. The molecule has 0 unspecified atom stereocenters. The van der Waals surface area contributed by atoms with Crippen LogP contribution >= 0.6 is 0 Å². The van der Waals surface area contributed by atoms with Crippen molar-refractivity contribution >= 4 is 28.1 Å². The fourth-order valence-corrected chi connectivity index (χ4v) is 12.4. The standard InChI is InChI=1S/C57H63N3O9/c1-33-5-2-6-34(25-33)32-69-52-29-38(28-51(66)55(52)67)36-9-14-44-42-15-13-41(61)26-37(42)10-16-46(44)60-53-30-39(20-23-59-53)57(21-19-47(62)45(57)31-40-7-3-22-58-40)54(50(65)27-36)48(63)17-11-35-12-18-49(64)56-43(35)8-4-24-68-56/h2-3,6-7,10,12-13,15-16,18,20,22-23,26,28-30,33-34,36,45,47-48,54,58,61-64,66-67H,4-5,8-9,11,14,17,19,21,24-25,27,31-32H2,1H3,(H,59,60)/t33-,34+,36+,45+,47-,48+,54-,57+/m0/s1. The number of anilines is 2. The fraction of sp³-hybridized carbons (Fsp3) is 0.404. The van der Waals surface area contributed by atoms with Crippen molar-refractivity contribution < 1.29 is 44.9 Å². The topological polar surface area (TPSA) is 198 Å². The SMILES string of the molecule is C[C@H]1CC=C[C@@H](COc2cc([C@@H]3CCc4c(ccc5cc(O)ccc45)Nc4cc(ccn4)[C@@]4(CC[C@H](O)[C@H]4Cc4ccc[nH]4)[C@@H]([C@H](O)CCc4ccc(O)c5c4CCCO5)C(=O)C3)cc(O)c2O)C1. The van der Waals surface area contributed by atoms with Crippen molar-refractivity contribution in [1.82, 2.24) is 9.97 Å². The van der Waals surface area contributed by atoms with E-state index in [9.17, 15) is 30.6 Å². The molecule has 12 nitrogen and oxygen atoms in total. The number of phenolic OH excluding ortho intramolecular Hbond substituents is 4. The summed E-state index contributed by atoms with van der Waals surface area (Å²) >= 11 is 0. The van der Waals surface area contributed by atoms with Crippen LogP contribution in [0.1, 0.15) is 97.7 Å². The number of pyridine rings is 1. The normalized spacial score (nSPS) is 25.1. The van der Waals surface area contributed by atoms with Crippen molar-refractivity contribution in [3.05, 3.63) is 137 Å². The summed E-state index contributed by atoms with van der Waals surface area (Å²) in [5.74, 6) is -0.927. The van der Waals surface area contributed by atoms with Crippen LogP contribution in [0.3, 0.4) is 0 Å². The molecule has 0 amide bonds. The Bertz CT molecular complexity index is 2860. The number of aromatic amines is 1. The molecular weight excluding hydrogens is 871 g/mol. The second kappa shape index (κ2) is 19.5. The highest BCUT2D eigenvalue weighted by Gasteiger charge is 2.57. The Kier molecular flexibility index (Phi) is 13.1. The smallest absolute Gasteiger partial charge is 0.200 e. The number of phenols is 4. The first-order valence-corrected chi connectivity index (χ1v) is 24.8. The summed E-state index contributed by atoms with van der Waals surface area (Å²) in [4.78, 5) is 24.3. The van der Waals surface area contributed by atoms with Crippen molar-refractivity contribution in [3.8, 4) is 34.5 Å². The number of hydrogen-bond donors (Lipinski definition) is 8. The lowest BCUT2D eigenvalue weighted by Crippen LogP contribution is -2.51. The number of aromatic hydroxyl groups is 4. The van der Waals surface area contributed by atoms with E-state index in [0.717, 1.165) is 70.1 Å². The molecule has 2 aromatic heterocycles. The molecule has 2 aliphatic heterocycles. The van der Waals surface area contributed by atoms with Crippen molar-refractivity contribution in [3.63, 3.8) is 0 Å². The minimum absolute atomic E-state index is 0.0317. The van der Waals surface area contributed by atoms with Gasteiger partial charge in [0.2, 0.25) is 5.75 Å². The van der Waals surface area contributed by atoms with E-state index in [4.69, 9.17) is 14.5 Å². The predicted octanol–water partition coefficient (Wildman–Crippen LogP) is 9.99. The highest BCUT2D eigenvalue weighted by molar-refractivity contribution is 5.92. The number of benzene rings is 4. The van der Waals surface area contributed by atoms with E-state index in [2.05, 4.69) is 29.4 Å². The minimum atomic E-state index is -1.18. The van der Waals surface area contributed by atoms with Crippen LogP contribution in [0.15, 0.2) is 103 Å². The molecule has 10 rings (SSSR count). The molecule has 0 saturated heterocycles. The number of fused-ring (bicyclic) bond motifs is 7. The molecule has 69 heavy (non-hydrogen) atoms. The molecule has 2 aliphatic carbocycles. The lowest BCUT2D eigenvalue weighted by atomic mass is 9.58. The molecule has 1 saturated carbocycles. The van der Waals surface area contributed by atoms with Crippen LogP contribution in [-0.2, 0) is 35.9 Å². The Labute approximate surface area is 402 Å². The highest BCUT2D eigenvalue weighted by Crippen LogP contribution is 2.55. The zero-order valence-corrected chi connectivity index (χ0v) is 39.1. The van der Waals surface area contributed by atoms with Crippen LogP contribution in [0.25, 0.3) is 10.8 Å². The molecule has 360 valence electrons. The molecule has 0 radical (unpaired) electrons. The summed E-state index contributed by atoms with van der Waals surface area (Å²) in [5, 5.41) is 74.5. The lowest BCUT2D eigenvalue weighted by molar-refractivity contribution is -0.132. The van der Waals surface area contributed by atoms with Crippen LogP contribution in [0.4, 0.5) is 11.5 Å². The van der Waals surface area contributed by atoms with Gasteiger partial charge in [-0.2, -0.15) is 0 Å². The number of rotatable bonds is 10. The van der Waals surface area contributed by atoms with E-state index in [1.165, 1.54) is 6.07 Å². The third-order valence-corrected chi connectivity index (χ3v) is 15.8. The first kappa shape index (κ1) is 46.2. The van der Waals surface area contributed by atoms with Gasteiger partial charge in [-0.3, -0.25) is 4.79 Å². The number of nitrogens with zero attached hydrogens (tertiary/aromatic N) is 1. The second-order valence-electron chi connectivity index (χ2n) is 20.2. The van der Waals surface area contributed by atoms with Crippen LogP contribution in [-0.4, -0.2) is 71.8 Å². The van der Waals surface area contributed by atoms with Gasteiger partial charge in [0.15, 0.2) is 23.0 Å². The number of H-pyrrole nitrogens is 1. The average Bonchev–Trinajstić information content (AvgIpc) is 3.99. The number of aliphatic hydroxyl groups is 2. The number of hydrogen-bond acceptors (Lipinski definition) is 11. The summed E-state index contributed by atoms with van der Waals surface area (Å²) in [6.07, 6.45) is 12.1. The number of ketones is 1. The summed E-state index contributed by atoms with van der Waals surface area (Å²) < 4.78 is 12.2. The summed E-state index contributed by atoms with van der Waals surface area (Å²) in [5.41, 5.74) is 4.83. The third-order valence-electron chi connectivity index (χ3n) is 15.8. The maximum Gasteiger partial charge on any atom is 0.200 e. The molecule has 8 atom stereocenters. The van der Waals surface area contributed by atoms with Gasteiger partial charge in [-0.05, 0) is 176 Å². The molecule has 1 fully saturated rings. The van der Waals surface area contributed by atoms with E-state index < -0.39 is 35.4 Å². The Morgan fingerprint density at radius 3 is 2.68 bits per heavy atom. The largest absolute Gasteiger partial charge is 0.508 e. The number of aryl methyl sites for hydroxylation is 2. The molecular formula is C57H63N3O9. The zero-order valence-electron chi connectivity index (χ0n) is 39.1. The van der Waals surface area contributed by atoms with E-state index >= 15 is 4.79 Å². The van der Waals surface area contributed by atoms with Gasteiger partial charge in [-0.25, -0.2) is 4.98 Å². The Morgan fingerprint density at radius 1 is 0.957 bits per heavy atom. The zero-order chi connectivity index (χ0) is 47.8. The van der Waals surface area contributed by atoms with Crippen LogP contribution < -0.4 is 14.8 Å². The Hall–Kier alpha value is -6.50. The maximum absolute atomic E-state index is 16.1. The van der Waals surface area contributed by atoms with Gasteiger partial charge in [-0.1, -0.05) is 37.3 Å². The molecule has 4 aliphatic rings. The third kappa shape index (κ3) is 9.24. The van der Waals surface area contributed by atoms with Gasteiger partial charge in [0.25, 0.3) is 0 Å². The van der Waals surface area contributed by atoms with Gasteiger partial charge < -0.3 is 50.4 Å². The number of aliphatic hydroxyl groups excluding tert-OH is 2. The molecule has 2 bridgehead atoms. The monoisotopic (exact) mass is 933 g/mol. The molecule has 4 aromatic carbocycles. The van der Waals surface area contributed by atoms with Crippen LogP contribution in [0.2, 0.25) is 0 Å². The van der Waals surface area contributed by atoms with Crippen molar-refractivity contribution in [2.45, 2.75) is 108 Å². The molecule has 4 heterocycles. The van der Waals surface area contributed by atoms with E-state index in [1.807, 2.05) is 54.7 Å². The van der Waals surface area contributed by atoms with Crippen LogP contribution in [0, 0.1) is 23.7 Å². The van der Waals surface area contributed by atoms with Crippen molar-refractivity contribution in [1.29, 1.82) is 0 Å². The minimum Gasteiger partial charge on any atom is -0.508 e.